The lowest BCUT2D eigenvalue weighted by Gasteiger charge is -2.17. The van der Waals surface area contributed by atoms with Crippen LogP contribution in [0.2, 0.25) is 0 Å². The van der Waals surface area contributed by atoms with Crippen molar-refractivity contribution in [1.29, 1.82) is 0 Å². The van der Waals surface area contributed by atoms with Crippen LogP contribution in [0.15, 0.2) is 28.1 Å². The Balaban J connectivity index is 2.85. The molecule has 2 nitrogen and oxygen atoms in total. The molecule has 1 aliphatic carbocycles. The molecular weight excluding hydrogens is 195 g/mol. The van der Waals surface area contributed by atoms with E-state index in [4.69, 9.17) is 0 Å². The number of hydrogen-bond acceptors (Lipinski definition) is 2. The largest absolute Gasteiger partial charge is 0.573 e. The van der Waals surface area contributed by atoms with Gasteiger partial charge in [0.2, 0.25) is 0 Å². The standard InChI is InChI=1S/C9H10F3NO/c1-6-3-4-7(13-2)5-8(6)14-9(10,11)12/h5H,2-4H2,1H3. The highest BCUT2D eigenvalue weighted by Gasteiger charge is 2.32. The van der Waals surface area contributed by atoms with Crippen LogP contribution in [0.4, 0.5) is 13.2 Å². The fourth-order valence-corrected chi connectivity index (χ4v) is 1.15. The first kappa shape index (κ1) is 10.8. The van der Waals surface area contributed by atoms with Crippen LogP contribution in [0.5, 0.6) is 0 Å². The summed E-state index contributed by atoms with van der Waals surface area (Å²) in [5.74, 6) is -0.161. The molecule has 0 spiro atoms. The molecule has 0 N–H and O–H groups in total. The summed E-state index contributed by atoms with van der Waals surface area (Å²) in [5, 5.41) is 0. The van der Waals surface area contributed by atoms with Gasteiger partial charge in [-0.1, -0.05) is 0 Å². The maximum absolute atomic E-state index is 11.9. The van der Waals surface area contributed by atoms with Crippen molar-refractivity contribution in [2.24, 2.45) is 4.99 Å². The minimum atomic E-state index is -4.64. The lowest BCUT2D eigenvalue weighted by molar-refractivity contribution is -0.303. The van der Waals surface area contributed by atoms with Gasteiger partial charge in [-0.25, -0.2) is 0 Å². The Morgan fingerprint density at radius 2 is 2.07 bits per heavy atom. The second-order valence-corrected chi connectivity index (χ2v) is 2.99. The summed E-state index contributed by atoms with van der Waals surface area (Å²) in [6.45, 7) is 4.87. The molecule has 1 rings (SSSR count). The summed E-state index contributed by atoms with van der Waals surface area (Å²) in [4.78, 5) is 3.59. The molecule has 0 radical (unpaired) electrons. The predicted molar refractivity (Wildman–Crippen MR) is 46.7 cm³/mol. The van der Waals surface area contributed by atoms with E-state index in [0.717, 1.165) is 0 Å². The van der Waals surface area contributed by atoms with Crippen LogP contribution in [0.25, 0.3) is 0 Å². The predicted octanol–water partition coefficient (Wildman–Crippen LogP) is 3.18. The number of alkyl halides is 3. The molecule has 0 saturated heterocycles. The molecule has 0 aromatic carbocycles. The highest BCUT2D eigenvalue weighted by molar-refractivity contribution is 5.35. The van der Waals surface area contributed by atoms with E-state index in [1.165, 1.54) is 6.08 Å². The topological polar surface area (TPSA) is 21.6 Å². The molecule has 0 bridgehead atoms. The first-order chi connectivity index (χ1) is 6.42. The second-order valence-electron chi connectivity index (χ2n) is 2.99. The van der Waals surface area contributed by atoms with Crippen molar-refractivity contribution in [3.63, 3.8) is 0 Å². The van der Waals surface area contributed by atoms with E-state index in [1.54, 1.807) is 6.92 Å². The first-order valence-electron chi connectivity index (χ1n) is 4.05. The van der Waals surface area contributed by atoms with Crippen LogP contribution in [0.1, 0.15) is 19.8 Å². The quantitative estimate of drug-likeness (QED) is 0.634. The molecule has 0 amide bonds. The Hall–Kier alpha value is -1.26. The van der Waals surface area contributed by atoms with Crippen LogP contribution in [-0.4, -0.2) is 13.1 Å². The summed E-state index contributed by atoms with van der Waals surface area (Å²) >= 11 is 0. The van der Waals surface area contributed by atoms with Gasteiger partial charge in [0.05, 0.1) is 0 Å². The van der Waals surface area contributed by atoms with E-state index < -0.39 is 6.36 Å². The van der Waals surface area contributed by atoms with Gasteiger partial charge >= 0.3 is 6.36 Å². The maximum atomic E-state index is 11.9. The summed E-state index contributed by atoms with van der Waals surface area (Å²) in [7, 11) is 0. The maximum Gasteiger partial charge on any atom is 0.573 e. The monoisotopic (exact) mass is 205 g/mol. The van der Waals surface area contributed by atoms with E-state index in [9.17, 15) is 13.2 Å². The minimum Gasteiger partial charge on any atom is -0.406 e. The molecule has 0 aromatic heterocycles. The zero-order chi connectivity index (χ0) is 10.8. The average Bonchev–Trinajstić information content (AvgIpc) is 2.06. The summed E-state index contributed by atoms with van der Waals surface area (Å²) < 4.78 is 39.6. The van der Waals surface area contributed by atoms with Crippen molar-refractivity contribution < 1.29 is 17.9 Å². The van der Waals surface area contributed by atoms with Gasteiger partial charge in [0, 0.05) is 11.8 Å². The van der Waals surface area contributed by atoms with E-state index >= 15 is 0 Å². The number of allylic oxidation sites excluding steroid dienone is 3. The van der Waals surface area contributed by atoms with Gasteiger partial charge in [-0.2, -0.15) is 0 Å². The van der Waals surface area contributed by atoms with Gasteiger partial charge in [0.25, 0.3) is 0 Å². The molecule has 0 saturated carbocycles. The van der Waals surface area contributed by atoms with Crippen LogP contribution in [0, 0.1) is 0 Å². The molecule has 0 aromatic rings. The summed E-state index contributed by atoms with van der Waals surface area (Å²) in [6.07, 6.45) is -2.23. The van der Waals surface area contributed by atoms with Crippen molar-refractivity contribution in [2.75, 3.05) is 0 Å². The second kappa shape index (κ2) is 3.86. The molecule has 14 heavy (non-hydrogen) atoms. The van der Waals surface area contributed by atoms with Gasteiger partial charge in [-0.05, 0) is 32.1 Å². The van der Waals surface area contributed by atoms with Gasteiger partial charge in [0.15, 0.2) is 0 Å². The zero-order valence-corrected chi connectivity index (χ0v) is 7.69. The van der Waals surface area contributed by atoms with Crippen LogP contribution >= 0.6 is 0 Å². The number of nitrogens with zero attached hydrogens (tertiary/aromatic N) is 1. The number of aliphatic imine (C=N–C) groups is 1. The molecule has 0 fully saturated rings. The third kappa shape index (κ3) is 2.90. The molecule has 78 valence electrons. The molecule has 5 heteroatoms. The number of halogens is 3. The van der Waals surface area contributed by atoms with Crippen molar-refractivity contribution in [2.45, 2.75) is 26.1 Å². The number of rotatable bonds is 2. The Morgan fingerprint density at radius 1 is 1.43 bits per heavy atom. The Bertz CT molecular complexity index is 302. The normalized spacial score (nSPS) is 17.9. The van der Waals surface area contributed by atoms with Crippen LogP contribution < -0.4 is 0 Å². The van der Waals surface area contributed by atoms with Crippen LogP contribution in [-0.2, 0) is 4.74 Å². The highest BCUT2D eigenvalue weighted by Crippen LogP contribution is 2.30. The molecule has 0 heterocycles. The number of hydrogen-bond donors (Lipinski definition) is 0. The van der Waals surface area contributed by atoms with Crippen molar-refractivity contribution in [1.82, 2.24) is 0 Å². The smallest absolute Gasteiger partial charge is 0.406 e. The highest BCUT2D eigenvalue weighted by atomic mass is 19.4. The lowest BCUT2D eigenvalue weighted by atomic mass is 10.0. The zero-order valence-electron chi connectivity index (χ0n) is 7.69. The Kier molecular flexibility index (Phi) is 2.98. The summed E-state index contributed by atoms with van der Waals surface area (Å²) in [6, 6.07) is 0. The van der Waals surface area contributed by atoms with Gasteiger partial charge in [-0.3, -0.25) is 4.99 Å². The molecule has 1 aliphatic rings. The van der Waals surface area contributed by atoms with Crippen LogP contribution in [0.3, 0.4) is 0 Å². The van der Waals surface area contributed by atoms with Crippen molar-refractivity contribution in [3.8, 4) is 0 Å². The minimum absolute atomic E-state index is 0.161. The van der Waals surface area contributed by atoms with E-state index in [0.29, 0.717) is 24.1 Å². The SMILES string of the molecule is C=NC1=CC(OC(F)(F)F)=C(C)CC1. The van der Waals surface area contributed by atoms with Crippen molar-refractivity contribution >= 4 is 6.72 Å². The summed E-state index contributed by atoms with van der Waals surface area (Å²) in [5.41, 5.74) is 1.10. The average molecular weight is 205 g/mol. The van der Waals surface area contributed by atoms with Gasteiger partial charge in [0.1, 0.15) is 5.76 Å². The van der Waals surface area contributed by atoms with E-state index in [-0.39, 0.29) is 5.76 Å². The lowest BCUT2D eigenvalue weighted by Crippen LogP contribution is -2.14. The Labute approximate surface area is 79.8 Å². The molecule has 0 atom stereocenters. The van der Waals surface area contributed by atoms with Gasteiger partial charge < -0.3 is 4.74 Å². The van der Waals surface area contributed by atoms with E-state index in [2.05, 4.69) is 16.4 Å². The number of ether oxygens (including phenoxy) is 1. The third-order valence-electron chi connectivity index (χ3n) is 1.90. The molecule has 0 aliphatic heterocycles. The first-order valence-corrected chi connectivity index (χ1v) is 4.05. The Morgan fingerprint density at radius 3 is 2.57 bits per heavy atom. The fourth-order valence-electron chi connectivity index (χ4n) is 1.15. The molecular formula is C9H10F3NO. The molecule has 0 unspecified atom stereocenters. The van der Waals surface area contributed by atoms with Crippen molar-refractivity contribution in [3.05, 3.63) is 23.1 Å². The van der Waals surface area contributed by atoms with Gasteiger partial charge in [-0.15, -0.1) is 13.2 Å². The third-order valence-corrected chi connectivity index (χ3v) is 1.90. The van der Waals surface area contributed by atoms with E-state index in [1.807, 2.05) is 0 Å². The fraction of sp³-hybridized carbons (Fsp3) is 0.444.